The number of carbonyl (C=O) groups excluding carboxylic acids is 1. The molecule has 2 aromatic carbocycles. The molecule has 0 unspecified atom stereocenters. The SMILES string of the molecule is Cc1ccc(Oc2ccc(NC(=O)Nc3cccc(C)c3C)cc2)nn1. The average molecular weight is 348 g/mol. The first-order chi connectivity index (χ1) is 12.5. The van der Waals surface area contributed by atoms with E-state index >= 15 is 0 Å². The Labute approximate surface area is 152 Å². The lowest BCUT2D eigenvalue weighted by Crippen LogP contribution is -2.20. The third-order valence-corrected chi connectivity index (χ3v) is 3.96. The van der Waals surface area contributed by atoms with E-state index < -0.39 is 0 Å². The van der Waals surface area contributed by atoms with Gasteiger partial charge in [0, 0.05) is 17.4 Å². The standard InChI is InChI=1S/C20H20N4O2/c1-13-5-4-6-18(15(13)3)22-20(25)21-16-8-10-17(11-9-16)26-19-12-7-14(2)23-24-19/h4-12H,1-3H3,(H2,21,22,25). The summed E-state index contributed by atoms with van der Waals surface area (Å²) in [5, 5.41) is 13.6. The smallest absolute Gasteiger partial charge is 0.323 e. The molecule has 6 heteroatoms. The molecule has 0 fully saturated rings. The second kappa shape index (κ2) is 7.65. The summed E-state index contributed by atoms with van der Waals surface area (Å²) in [4.78, 5) is 12.2. The molecular weight excluding hydrogens is 328 g/mol. The van der Waals surface area contributed by atoms with Crippen LogP contribution in [0, 0.1) is 20.8 Å². The zero-order chi connectivity index (χ0) is 18.5. The van der Waals surface area contributed by atoms with Crippen LogP contribution in [0.5, 0.6) is 11.6 Å². The fourth-order valence-electron chi connectivity index (χ4n) is 2.34. The van der Waals surface area contributed by atoms with Crippen molar-refractivity contribution in [3.8, 4) is 11.6 Å². The molecule has 1 heterocycles. The summed E-state index contributed by atoms with van der Waals surface area (Å²) in [6.07, 6.45) is 0. The Hall–Kier alpha value is -3.41. The van der Waals surface area contributed by atoms with Gasteiger partial charge in [-0.15, -0.1) is 5.10 Å². The van der Waals surface area contributed by atoms with Crippen LogP contribution in [0.25, 0.3) is 0 Å². The van der Waals surface area contributed by atoms with E-state index in [1.807, 2.05) is 45.0 Å². The highest BCUT2D eigenvalue weighted by Gasteiger charge is 2.07. The second-order valence-electron chi connectivity index (χ2n) is 5.97. The predicted octanol–water partition coefficient (Wildman–Crippen LogP) is 4.84. The van der Waals surface area contributed by atoms with E-state index in [0.717, 1.165) is 22.5 Å². The van der Waals surface area contributed by atoms with E-state index in [9.17, 15) is 4.79 Å². The fraction of sp³-hybridized carbons (Fsp3) is 0.150. The molecule has 1 aromatic heterocycles. The van der Waals surface area contributed by atoms with Crippen molar-refractivity contribution >= 4 is 17.4 Å². The topological polar surface area (TPSA) is 76.1 Å². The van der Waals surface area contributed by atoms with E-state index in [1.165, 1.54) is 0 Å². The van der Waals surface area contributed by atoms with Crippen LogP contribution in [0.15, 0.2) is 54.6 Å². The Morgan fingerprint density at radius 2 is 1.65 bits per heavy atom. The van der Waals surface area contributed by atoms with Crippen molar-refractivity contribution in [3.05, 3.63) is 71.4 Å². The molecule has 0 aliphatic heterocycles. The van der Waals surface area contributed by atoms with Crippen molar-refractivity contribution in [2.45, 2.75) is 20.8 Å². The summed E-state index contributed by atoms with van der Waals surface area (Å²) in [5.74, 6) is 1.03. The zero-order valence-corrected chi connectivity index (χ0v) is 14.9. The fourth-order valence-corrected chi connectivity index (χ4v) is 2.34. The number of nitrogens with one attached hydrogen (secondary N) is 2. The third kappa shape index (κ3) is 4.36. The predicted molar refractivity (Wildman–Crippen MR) is 102 cm³/mol. The minimum absolute atomic E-state index is 0.295. The second-order valence-corrected chi connectivity index (χ2v) is 5.97. The summed E-state index contributed by atoms with van der Waals surface area (Å²) in [6.45, 7) is 5.85. The van der Waals surface area contributed by atoms with Crippen LogP contribution in [0.4, 0.5) is 16.2 Å². The largest absolute Gasteiger partial charge is 0.438 e. The number of hydrogen-bond acceptors (Lipinski definition) is 4. The van der Waals surface area contributed by atoms with Crippen molar-refractivity contribution in [2.24, 2.45) is 0 Å². The van der Waals surface area contributed by atoms with Crippen LogP contribution >= 0.6 is 0 Å². The monoisotopic (exact) mass is 348 g/mol. The molecule has 0 atom stereocenters. The number of hydrogen-bond donors (Lipinski definition) is 2. The maximum Gasteiger partial charge on any atom is 0.323 e. The van der Waals surface area contributed by atoms with Gasteiger partial charge < -0.3 is 15.4 Å². The van der Waals surface area contributed by atoms with Crippen LogP contribution in [-0.4, -0.2) is 16.2 Å². The van der Waals surface area contributed by atoms with E-state index in [4.69, 9.17) is 4.74 Å². The Morgan fingerprint density at radius 1 is 0.885 bits per heavy atom. The molecule has 3 aromatic rings. The van der Waals surface area contributed by atoms with Crippen molar-refractivity contribution in [1.29, 1.82) is 0 Å². The normalized spacial score (nSPS) is 10.3. The van der Waals surface area contributed by atoms with Gasteiger partial charge in [0.15, 0.2) is 0 Å². The number of rotatable bonds is 4. The quantitative estimate of drug-likeness (QED) is 0.707. The minimum atomic E-state index is -0.295. The molecule has 0 bridgehead atoms. The number of benzene rings is 2. The molecule has 0 saturated carbocycles. The van der Waals surface area contributed by atoms with Gasteiger partial charge in [0.05, 0.1) is 5.69 Å². The Kier molecular flexibility index (Phi) is 5.12. The van der Waals surface area contributed by atoms with Crippen LogP contribution < -0.4 is 15.4 Å². The number of ether oxygens (including phenoxy) is 1. The molecule has 2 N–H and O–H groups in total. The molecule has 0 aliphatic carbocycles. The highest BCUT2D eigenvalue weighted by molar-refractivity contribution is 6.00. The Bertz CT molecular complexity index is 906. The molecule has 3 rings (SSSR count). The molecule has 0 spiro atoms. The van der Waals surface area contributed by atoms with Gasteiger partial charge in [-0.1, -0.05) is 12.1 Å². The number of aryl methyl sites for hydroxylation is 2. The Morgan fingerprint density at radius 3 is 2.35 bits per heavy atom. The zero-order valence-electron chi connectivity index (χ0n) is 14.9. The summed E-state index contributed by atoms with van der Waals surface area (Å²) in [5.41, 5.74) is 4.46. The first kappa shape index (κ1) is 17.4. The van der Waals surface area contributed by atoms with Gasteiger partial charge >= 0.3 is 6.03 Å². The van der Waals surface area contributed by atoms with E-state index in [-0.39, 0.29) is 6.03 Å². The van der Waals surface area contributed by atoms with Crippen LogP contribution in [0.1, 0.15) is 16.8 Å². The van der Waals surface area contributed by atoms with Crippen molar-refractivity contribution in [2.75, 3.05) is 10.6 Å². The minimum Gasteiger partial charge on any atom is -0.438 e. The molecule has 132 valence electrons. The number of carbonyl (C=O) groups is 1. The van der Waals surface area contributed by atoms with Gasteiger partial charge in [-0.2, -0.15) is 5.10 Å². The maximum absolute atomic E-state index is 12.2. The van der Waals surface area contributed by atoms with Gasteiger partial charge in [-0.05, 0) is 68.3 Å². The maximum atomic E-state index is 12.2. The third-order valence-electron chi connectivity index (χ3n) is 3.96. The molecular formula is C20H20N4O2. The van der Waals surface area contributed by atoms with Crippen LogP contribution in [0.2, 0.25) is 0 Å². The number of urea groups is 1. The van der Waals surface area contributed by atoms with Gasteiger partial charge in [-0.25, -0.2) is 4.79 Å². The van der Waals surface area contributed by atoms with Gasteiger partial charge in [0.25, 0.3) is 0 Å². The molecule has 26 heavy (non-hydrogen) atoms. The summed E-state index contributed by atoms with van der Waals surface area (Å²) >= 11 is 0. The molecule has 2 amide bonds. The average Bonchev–Trinajstić information content (AvgIpc) is 2.62. The number of anilines is 2. The van der Waals surface area contributed by atoms with Crippen molar-refractivity contribution in [3.63, 3.8) is 0 Å². The van der Waals surface area contributed by atoms with Crippen molar-refractivity contribution in [1.82, 2.24) is 10.2 Å². The Balaban J connectivity index is 1.60. The van der Waals surface area contributed by atoms with E-state index in [0.29, 0.717) is 17.3 Å². The summed E-state index contributed by atoms with van der Waals surface area (Å²) in [7, 11) is 0. The van der Waals surface area contributed by atoms with Crippen molar-refractivity contribution < 1.29 is 9.53 Å². The molecule has 6 nitrogen and oxygen atoms in total. The van der Waals surface area contributed by atoms with Gasteiger partial charge in [-0.3, -0.25) is 0 Å². The number of amides is 2. The summed E-state index contributed by atoms with van der Waals surface area (Å²) < 4.78 is 5.62. The molecule has 0 aliphatic rings. The van der Waals surface area contributed by atoms with Gasteiger partial charge in [0.1, 0.15) is 5.75 Å². The lowest BCUT2D eigenvalue weighted by molar-refractivity contribution is 0.262. The van der Waals surface area contributed by atoms with Crippen LogP contribution in [-0.2, 0) is 0 Å². The van der Waals surface area contributed by atoms with Gasteiger partial charge in [0.2, 0.25) is 5.88 Å². The first-order valence-electron chi connectivity index (χ1n) is 8.24. The molecule has 0 saturated heterocycles. The lowest BCUT2D eigenvalue weighted by Gasteiger charge is -2.12. The highest BCUT2D eigenvalue weighted by Crippen LogP contribution is 2.22. The van der Waals surface area contributed by atoms with Crippen LogP contribution in [0.3, 0.4) is 0 Å². The highest BCUT2D eigenvalue weighted by atomic mass is 16.5. The number of nitrogens with zero attached hydrogens (tertiary/aromatic N) is 2. The lowest BCUT2D eigenvalue weighted by atomic mass is 10.1. The van der Waals surface area contributed by atoms with E-state index in [2.05, 4.69) is 20.8 Å². The van der Waals surface area contributed by atoms with E-state index in [1.54, 1.807) is 30.3 Å². The summed E-state index contributed by atoms with van der Waals surface area (Å²) in [6, 6.07) is 16.1. The molecule has 0 radical (unpaired) electrons. The number of aromatic nitrogens is 2. The first-order valence-corrected chi connectivity index (χ1v) is 8.24.